The maximum Gasteiger partial charge on any atom is 0.287 e. The van der Waals surface area contributed by atoms with Crippen molar-refractivity contribution in [2.24, 2.45) is 0 Å². The fourth-order valence-electron chi connectivity index (χ4n) is 3.21. The van der Waals surface area contributed by atoms with Gasteiger partial charge in [-0.3, -0.25) is 4.79 Å². The quantitative estimate of drug-likeness (QED) is 0.758. The SMILES string of the molecule is O=c1c(Cl)c(NC2CC3CCC(C2)N3)cnn1CCO. The van der Waals surface area contributed by atoms with Gasteiger partial charge in [0.05, 0.1) is 25.0 Å². The Morgan fingerprint density at radius 3 is 2.80 bits per heavy atom. The van der Waals surface area contributed by atoms with Gasteiger partial charge in [-0.25, -0.2) is 4.68 Å². The number of halogens is 1. The van der Waals surface area contributed by atoms with Gasteiger partial charge in [0.1, 0.15) is 5.02 Å². The molecule has 3 rings (SSSR count). The van der Waals surface area contributed by atoms with E-state index in [1.54, 1.807) is 6.20 Å². The second kappa shape index (κ2) is 5.71. The van der Waals surface area contributed by atoms with E-state index in [-0.39, 0.29) is 23.7 Å². The van der Waals surface area contributed by atoms with Crippen molar-refractivity contribution in [3.63, 3.8) is 0 Å². The van der Waals surface area contributed by atoms with Crippen LogP contribution in [0.2, 0.25) is 5.02 Å². The van der Waals surface area contributed by atoms with Gasteiger partial charge in [-0.2, -0.15) is 5.10 Å². The van der Waals surface area contributed by atoms with Crippen molar-refractivity contribution in [2.75, 3.05) is 11.9 Å². The van der Waals surface area contributed by atoms with E-state index in [4.69, 9.17) is 16.7 Å². The molecule has 3 N–H and O–H groups in total. The van der Waals surface area contributed by atoms with Crippen LogP contribution in [-0.4, -0.2) is 39.6 Å². The van der Waals surface area contributed by atoms with Crippen molar-refractivity contribution in [1.29, 1.82) is 0 Å². The van der Waals surface area contributed by atoms with Gasteiger partial charge in [-0.15, -0.1) is 0 Å². The fourth-order valence-corrected chi connectivity index (χ4v) is 3.42. The lowest BCUT2D eigenvalue weighted by Gasteiger charge is -2.30. The van der Waals surface area contributed by atoms with Crippen LogP contribution in [0.3, 0.4) is 0 Å². The maximum atomic E-state index is 12.0. The van der Waals surface area contributed by atoms with Crippen LogP contribution >= 0.6 is 11.6 Å². The van der Waals surface area contributed by atoms with E-state index in [1.807, 2.05) is 0 Å². The number of aliphatic hydroxyl groups is 1. The largest absolute Gasteiger partial charge is 0.394 e. The van der Waals surface area contributed by atoms with Crippen LogP contribution in [0.4, 0.5) is 5.69 Å². The molecule has 0 aliphatic carbocycles. The molecule has 0 saturated carbocycles. The summed E-state index contributed by atoms with van der Waals surface area (Å²) in [6.45, 7) is 0.0317. The van der Waals surface area contributed by atoms with Crippen molar-refractivity contribution in [2.45, 2.75) is 50.4 Å². The molecular formula is C13H19ClN4O2. The van der Waals surface area contributed by atoms with Crippen molar-refractivity contribution in [1.82, 2.24) is 15.1 Å². The first-order valence-corrected chi connectivity index (χ1v) is 7.44. The summed E-state index contributed by atoms with van der Waals surface area (Å²) < 4.78 is 1.18. The number of aliphatic hydroxyl groups excluding tert-OH is 1. The van der Waals surface area contributed by atoms with Crippen LogP contribution in [0.25, 0.3) is 0 Å². The zero-order valence-corrected chi connectivity index (χ0v) is 11.9. The van der Waals surface area contributed by atoms with Crippen molar-refractivity contribution < 1.29 is 5.11 Å². The van der Waals surface area contributed by atoms with Crippen LogP contribution in [0.1, 0.15) is 25.7 Å². The summed E-state index contributed by atoms with van der Waals surface area (Å²) >= 11 is 6.11. The summed E-state index contributed by atoms with van der Waals surface area (Å²) in [5.74, 6) is 0. The van der Waals surface area contributed by atoms with E-state index in [0.717, 1.165) is 12.8 Å². The topological polar surface area (TPSA) is 79.2 Å². The van der Waals surface area contributed by atoms with E-state index in [2.05, 4.69) is 15.7 Å². The van der Waals surface area contributed by atoms with Crippen molar-refractivity contribution >= 4 is 17.3 Å². The number of hydrogen-bond acceptors (Lipinski definition) is 5. The first-order chi connectivity index (χ1) is 9.67. The Balaban J connectivity index is 1.74. The van der Waals surface area contributed by atoms with Gasteiger partial charge in [-0.1, -0.05) is 11.6 Å². The monoisotopic (exact) mass is 298 g/mol. The molecule has 20 heavy (non-hydrogen) atoms. The van der Waals surface area contributed by atoms with E-state index >= 15 is 0 Å². The molecule has 7 heteroatoms. The maximum absolute atomic E-state index is 12.0. The molecule has 2 unspecified atom stereocenters. The molecule has 3 heterocycles. The van der Waals surface area contributed by atoms with E-state index in [0.29, 0.717) is 23.8 Å². The Kier molecular flexibility index (Phi) is 3.96. The number of aromatic nitrogens is 2. The molecule has 0 radical (unpaired) electrons. The summed E-state index contributed by atoms with van der Waals surface area (Å²) in [4.78, 5) is 12.0. The summed E-state index contributed by atoms with van der Waals surface area (Å²) in [6, 6.07) is 1.49. The lowest BCUT2D eigenvalue weighted by molar-refractivity contribution is 0.266. The Hall–Kier alpha value is -1.11. The minimum atomic E-state index is -0.359. The molecule has 6 nitrogen and oxygen atoms in total. The molecule has 2 fully saturated rings. The van der Waals surface area contributed by atoms with Crippen molar-refractivity contribution in [3.05, 3.63) is 21.6 Å². The van der Waals surface area contributed by atoms with Gasteiger partial charge in [0, 0.05) is 18.1 Å². The highest BCUT2D eigenvalue weighted by Crippen LogP contribution is 2.29. The third-order valence-electron chi connectivity index (χ3n) is 4.13. The smallest absolute Gasteiger partial charge is 0.287 e. The molecule has 2 aliphatic heterocycles. The van der Waals surface area contributed by atoms with Crippen LogP contribution in [0, 0.1) is 0 Å². The third kappa shape index (κ3) is 2.68. The number of nitrogens with zero attached hydrogens (tertiary/aromatic N) is 2. The first kappa shape index (κ1) is 13.9. The Labute approximate surface area is 122 Å². The Morgan fingerprint density at radius 2 is 2.15 bits per heavy atom. The minimum Gasteiger partial charge on any atom is -0.394 e. The third-order valence-corrected chi connectivity index (χ3v) is 4.49. The summed E-state index contributed by atoms with van der Waals surface area (Å²) in [6.07, 6.45) is 6.13. The standard InChI is InChI=1S/C13H19ClN4O2/c14-12-11(7-15-18(3-4-19)13(12)20)17-10-5-8-1-2-9(6-10)16-8/h7-10,16-17,19H,1-6H2. The Bertz CT molecular complexity index is 536. The number of piperidine rings is 1. The zero-order valence-electron chi connectivity index (χ0n) is 11.2. The molecule has 0 spiro atoms. The van der Waals surface area contributed by atoms with Gasteiger partial charge in [0.2, 0.25) is 0 Å². The molecular weight excluding hydrogens is 280 g/mol. The zero-order chi connectivity index (χ0) is 14.1. The molecule has 2 aliphatic rings. The number of anilines is 1. The van der Waals surface area contributed by atoms with Gasteiger partial charge in [0.15, 0.2) is 0 Å². The van der Waals surface area contributed by atoms with E-state index in [9.17, 15) is 4.79 Å². The lowest BCUT2D eigenvalue weighted by atomic mass is 10.00. The highest BCUT2D eigenvalue weighted by atomic mass is 35.5. The van der Waals surface area contributed by atoms with Gasteiger partial charge >= 0.3 is 0 Å². The highest BCUT2D eigenvalue weighted by molar-refractivity contribution is 6.32. The normalized spacial score (nSPS) is 28.6. The second-order valence-corrected chi connectivity index (χ2v) is 5.95. The number of rotatable bonds is 4. The molecule has 0 amide bonds. The summed E-state index contributed by atoms with van der Waals surface area (Å²) in [5, 5.41) is 20.0. The van der Waals surface area contributed by atoms with Crippen molar-refractivity contribution in [3.8, 4) is 0 Å². The highest BCUT2D eigenvalue weighted by Gasteiger charge is 2.33. The minimum absolute atomic E-state index is 0.131. The number of nitrogens with one attached hydrogen (secondary N) is 2. The average Bonchev–Trinajstić information content (AvgIpc) is 2.78. The fraction of sp³-hybridized carbons (Fsp3) is 0.692. The molecule has 2 bridgehead atoms. The van der Waals surface area contributed by atoms with E-state index in [1.165, 1.54) is 17.5 Å². The van der Waals surface area contributed by atoms with Gasteiger partial charge in [0.25, 0.3) is 5.56 Å². The lowest BCUT2D eigenvalue weighted by Crippen LogP contribution is -2.43. The number of hydrogen-bond donors (Lipinski definition) is 3. The summed E-state index contributed by atoms with van der Waals surface area (Å²) in [5.41, 5.74) is 0.236. The molecule has 0 aromatic carbocycles. The van der Waals surface area contributed by atoms with Crippen LogP contribution in [0.5, 0.6) is 0 Å². The van der Waals surface area contributed by atoms with Crippen LogP contribution in [-0.2, 0) is 6.54 Å². The molecule has 110 valence electrons. The summed E-state index contributed by atoms with van der Waals surface area (Å²) in [7, 11) is 0. The molecule has 2 atom stereocenters. The molecule has 1 aromatic rings. The van der Waals surface area contributed by atoms with Gasteiger partial charge < -0.3 is 15.7 Å². The predicted octanol–water partition coefficient (Wildman–Crippen LogP) is 0.584. The average molecular weight is 299 g/mol. The van der Waals surface area contributed by atoms with E-state index < -0.39 is 0 Å². The predicted molar refractivity (Wildman–Crippen MR) is 77.2 cm³/mol. The first-order valence-electron chi connectivity index (χ1n) is 7.06. The Morgan fingerprint density at radius 1 is 1.45 bits per heavy atom. The molecule has 2 saturated heterocycles. The van der Waals surface area contributed by atoms with Crippen LogP contribution in [0.15, 0.2) is 11.0 Å². The van der Waals surface area contributed by atoms with Gasteiger partial charge in [-0.05, 0) is 25.7 Å². The van der Waals surface area contributed by atoms with Crippen LogP contribution < -0.4 is 16.2 Å². The molecule has 1 aromatic heterocycles. The second-order valence-electron chi connectivity index (χ2n) is 5.57. The number of fused-ring (bicyclic) bond motifs is 2.